The summed E-state index contributed by atoms with van der Waals surface area (Å²) in [6.07, 6.45) is -4.77. The maximum atomic E-state index is 13.0. The zero-order valence-electron chi connectivity index (χ0n) is 15.9. The van der Waals surface area contributed by atoms with Crippen LogP contribution in [-0.2, 0) is 17.4 Å². The van der Waals surface area contributed by atoms with Gasteiger partial charge in [0.05, 0.1) is 31.9 Å². The Balaban J connectivity index is 2.01. The second kappa shape index (κ2) is 8.62. The van der Waals surface area contributed by atoms with E-state index in [0.717, 1.165) is 23.5 Å². The van der Waals surface area contributed by atoms with Gasteiger partial charge in [-0.1, -0.05) is 6.07 Å². The van der Waals surface area contributed by atoms with E-state index in [0.29, 0.717) is 27.6 Å². The molecule has 0 radical (unpaired) electrons. The zero-order chi connectivity index (χ0) is 21.9. The van der Waals surface area contributed by atoms with Gasteiger partial charge in [0.15, 0.2) is 5.13 Å². The molecule has 1 heterocycles. The maximum Gasteiger partial charge on any atom is 0.416 e. The minimum Gasteiger partial charge on any atom is -0.497 e. The minimum atomic E-state index is -4.48. The van der Waals surface area contributed by atoms with Crippen LogP contribution < -0.4 is 14.8 Å². The average Bonchev–Trinajstić information content (AvgIpc) is 3.08. The first-order valence-corrected chi connectivity index (χ1v) is 9.41. The van der Waals surface area contributed by atoms with Crippen molar-refractivity contribution < 1.29 is 32.5 Å². The van der Waals surface area contributed by atoms with E-state index in [2.05, 4.69) is 10.3 Å². The molecule has 0 saturated heterocycles. The van der Waals surface area contributed by atoms with Crippen molar-refractivity contribution in [1.82, 2.24) is 4.98 Å². The van der Waals surface area contributed by atoms with Gasteiger partial charge >= 0.3 is 12.1 Å². The highest BCUT2D eigenvalue weighted by molar-refractivity contribution is 7.16. The summed E-state index contributed by atoms with van der Waals surface area (Å²) in [5.74, 6) is -0.0807. The molecule has 0 spiro atoms. The lowest BCUT2D eigenvalue weighted by Crippen LogP contribution is -2.05. The number of carbonyl (C=O) groups is 1. The molecule has 3 rings (SSSR count). The van der Waals surface area contributed by atoms with Gasteiger partial charge < -0.3 is 19.9 Å². The van der Waals surface area contributed by atoms with E-state index in [-0.39, 0.29) is 17.2 Å². The van der Waals surface area contributed by atoms with Crippen molar-refractivity contribution in [2.24, 2.45) is 0 Å². The second-order valence-corrected chi connectivity index (χ2v) is 7.21. The van der Waals surface area contributed by atoms with E-state index in [1.54, 1.807) is 18.2 Å². The lowest BCUT2D eigenvalue weighted by atomic mass is 10.1. The SMILES string of the molecule is COc1ccc(-c2nc(Nc3cccc(C(F)(F)F)c3)sc2CC(=O)O)c(OC)c1. The van der Waals surface area contributed by atoms with Gasteiger partial charge in [0.25, 0.3) is 0 Å². The van der Waals surface area contributed by atoms with E-state index in [1.807, 2.05) is 0 Å². The Hall–Kier alpha value is -3.27. The number of carboxylic acids is 1. The minimum absolute atomic E-state index is 0.189. The van der Waals surface area contributed by atoms with Crippen LogP contribution in [0.5, 0.6) is 11.5 Å². The number of methoxy groups -OCH3 is 2. The van der Waals surface area contributed by atoms with Crippen LogP contribution in [0.3, 0.4) is 0 Å². The molecule has 0 atom stereocenters. The van der Waals surface area contributed by atoms with Crippen molar-refractivity contribution in [3.63, 3.8) is 0 Å². The van der Waals surface area contributed by atoms with Gasteiger partial charge in [-0.15, -0.1) is 11.3 Å². The first-order chi connectivity index (χ1) is 14.2. The van der Waals surface area contributed by atoms with E-state index in [1.165, 1.54) is 26.4 Å². The van der Waals surface area contributed by atoms with Gasteiger partial charge in [0, 0.05) is 22.2 Å². The number of thiazole rings is 1. The Kier molecular flexibility index (Phi) is 6.16. The molecule has 0 amide bonds. The number of benzene rings is 2. The highest BCUT2D eigenvalue weighted by Crippen LogP contribution is 2.39. The van der Waals surface area contributed by atoms with Crippen LogP contribution in [0.1, 0.15) is 10.4 Å². The van der Waals surface area contributed by atoms with Gasteiger partial charge in [0.2, 0.25) is 0 Å². The number of anilines is 2. The number of ether oxygens (including phenoxy) is 2. The Bertz CT molecular complexity index is 1070. The molecule has 3 aromatic rings. The summed E-state index contributed by atoms with van der Waals surface area (Å²) in [6, 6.07) is 9.70. The standard InChI is InChI=1S/C20H17F3N2O4S/c1-28-13-6-7-14(15(9-13)29-2)18-16(10-17(26)27)30-19(25-18)24-12-5-3-4-11(8-12)20(21,22)23/h3-9H,10H2,1-2H3,(H,24,25)(H,26,27). The van der Waals surface area contributed by atoms with Crippen molar-refractivity contribution in [1.29, 1.82) is 0 Å². The molecule has 1 aromatic heterocycles. The number of carboxylic acid groups (broad SMARTS) is 1. The highest BCUT2D eigenvalue weighted by atomic mass is 32.1. The summed E-state index contributed by atoms with van der Waals surface area (Å²) >= 11 is 1.05. The third kappa shape index (κ3) is 4.82. The Morgan fingerprint density at radius 3 is 2.57 bits per heavy atom. The van der Waals surface area contributed by atoms with Gasteiger partial charge in [-0.3, -0.25) is 4.79 Å². The molecule has 0 fully saturated rings. The summed E-state index contributed by atoms with van der Waals surface area (Å²) in [5, 5.41) is 12.3. The molecule has 0 aliphatic rings. The number of hydrogen-bond donors (Lipinski definition) is 2. The number of aliphatic carboxylic acids is 1. The van der Waals surface area contributed by atoms with Gasteiger partial charge in [-0.2, -0.15) is 13.2 Å². The van der Waals surface area contributed by atoms with Crippen LogP contribution in [-0.4, -0.2) is 30.3 Å². The molecule has 10 heteroatoms. The Labute approximate surface area is 173 Å². The van der Waals surface area contributed by atoms with E-state index < -0.39 is 17.7 Å². The Morgan fingerprint density at radius 1 is 1.17 bits per heavy atom. The molecule has 6 nitrogen and oxygen atoms in total. The predicted octanol–water partition coefficient (Wildman–Crippen LogP) is 5.22. The molecular formula is C20H17F3N2O4S. The van der Waals surface area contributed by atoms with Gasteiger partial charge in [-0.25, -0.2) is 4.98 Å². The topological polar surface area (TPSA) is 80.7 Å². The largest absolute Gasteiger partial charge is 0.497 e. The summed E-state index contributed by atoms with van der Waals surface area (Å²) in [7, 11) is 2.97. The number of nitrogens with one attached hydrogen (secondary N) is 1. The van der Waals surface area contributed by atoms with Crippen LogP contribution in [0, 0.1) is 0 Å². The quantitative estimate of drug-likeness (QED) is 0.527. The van der Waals surface area contributed by atoms with Gasteiger partial charge in [0.1, 0.15) is 11.5 Å². The third-order valence-electron chi connectivity index (χ3n) is 4.11. The molecule has 0 unspecified atom stereocenters. The first-order valence-electron chi connectivity index (χ1n) is 8.59. The van der Waals surface area contributed by atoms with Gasteiger partial charge in [-0.05, 0) is 30.3 Å². The summed E-state index contributed by atoms with van der Waals surface area (Å²) in [5.41, 5.74) is 0.305. The van der Waals surface area contributed by atoms with E-state index in [9.17, 15) is 23.1 Å². The molecule has 0 aliphatic carbocycles. The molecule has 2 aromatic carbocycles. The molecule has 2 N–H and O–H groups in total. The van der Waals surface area contributed by atoms with Crippen molar-refractivity contribution in [3.05, 3.63) is 52.9 Å². The van der Waals surface area contributed by atoms with Crippen molar-refractivity contribution in [3.8, 4) is 22.8 Å². The fraction of sp³-hybridized carbons (Fsp3) is 0.200. The first kappa shape index (κ1) is 21.4. The number of rotatable bonds is 7. The fourth-order valence-electron chi connectivity index (χ4n) is 2.76. The second-order valence-electron chi connectivity index (χ2n) is 6.13. The van der Waals surface area contributed by atoms with Crippen LogP contribution in [0.25, 0.3) is 11.3 Å². The molecule has 0 saturated carbocycles. The molecule has 30 heavy (non-hydrogen) atoms. The lowest BCUT2D eigenvalue weighted by Gasteiger charge is -2.10. The highest BCUT2D eigenvalue weighted by Gasteiger charge is 2.30. The van der Waals surface area contributed by atoms with E-state index in [4.69, 9.17) is 9.47 Å². The van der Waals surface area contributed by atoms with Crippen LogP contribution in [0.15, 0.2) is 42.5 Å². The van der Waals surface area contributed by atoms with E-state index >= 15 is 0 Å². The van der Waals surface area contributed by atoms with Crippen LogP contribution in [0.4, 0.5) is 24.0 Å². The lowest BCUT2D eigenvalue weighted by molar-refractivity contribution is -0.138. The number of hydrogen-bond acceptors (Lipinski definition) is 6. The average molecular weight is 438 g/mol. The maximum absolute atomic E-state index is 13.0. The summed E-state index contributed by atoms with van der Waals surface area (Å²) < 4.78 is 49.4. The van der Waals surface area contributed by atoms with Crippen LogP contribution >= 0.6 is 11.3 Å². The van der Waals surface area contributed by atoms with Crippen molar-refractivity contribution in [2.45, 2.75) is 12.6 Å². The smallest absolute Gasteiger partial charge is 0.416 e. The monoisotopic (exact) mass is 438 g/mol. The van der Waals surface area contributed by atoms with Crippen molar-refractivity contribution >= 4 is 28.1 Å². The van der Waals surface area contributed by atoms with Crippen molar-refractivity contribution in [2.75, 3.05) is 19.5 Å². The third-order valence-corrected chi connectivity index (χ3v) is 5.08. The predicted molar refractivity (Wildman–Crippen MR) is 107 cm³/mol. The molecule has 0 bridgehead atoms. The number of alkyl halides is 3. The fourth-order valence-corrected chi connectivity index (χ4v) is 3.75. The molecule has 158 valence electrons. The molecule has 0 aliphatic heterocycles. The van der Waals surface area contributed by atoms with Crippen LogP contribution in [0.2, 0.25) is 0 Å². The summed E-state index contributed by atoms with van der Waals surface area (Å²) in [4.78, 5) is 16.2. The zero-order valence-corrected chi connectivity index (χ0v) is 16.7. The number of halogens is 3. The normalized spacial score (nSPS) is 11.2. The molecular weight excluding hydrogens is 421 g/mol. The number of nitrogens with zero attached hydrogens (tertiary/aromatic N) is 1. The Morgan fingerprint density at radius 2 is 1.93 bits per heavy atom. The number of aromatic nitrogens is 1. The summed E-state index contributed by atoms with van der Waals surface area (Å²) in [6.45, 7) is 0.